The quantitative estimate of drug-likeness (QED) is 0.317. The van der Waals surface area contributed by atoms with Crippen LogP contribution in [0.5, 0.6) is 0 Å². The predicted octanol–water partition coefficient (Wildman–Crippen LogP) is 4.77. The number of carbonyl (C=O) groups is 1. The lowest BCUT2D eigenvalue weighted by molar-refractivity contribution is 0.0955. The summed E-state index contributed by atoms with van der Waals surface area (Å²) in [4.78, 5) is 23.7. The molecule has 0 aliphatic carbocycles. The van der Waals surface area contributed by atoms with Crippen molar-refractivity contribution in [3.05, 3.63) is 82.2 Å². The van der Waals surface area contributed by atoms with Crippen LogP contribution in [0.15, 0.2) is 66.2 Å². The number of carbonyl (C=O) groups excluding carboxylic acids is 1. The maximum atomic E-state index is 12.2. The van der Waals surface area contributed by atoms with E-state index in [1.54, 1.807) is 48.7 Å². The molecule has 0 saturated carbocycles. The van der Waals surface area contributed by atoms with Crippen molar-refractivity contribution in [1.82, 2.24) is 20.4 Å². The van der Waals surface area contributed by atoms with Crippen LogP contribution in [-0.4, -0.2) is 27.1 Å². The lowest BCUT2D eigenvalue weighted by atomic mass is 10.2. The maximum Gasteiger partial charge on any atom is 0.271 e. The summed E-state index contributed by atoms with van der Waals surface area (Å²) in [5.41, 5.74) is 5.21. The molecule has 1 amide bonds. The van der Waals surface area contributed by atoms with Gasteiger partial charge in [-0.3, -0.25) is 4.79 Å². The van der Waals surface area contributed by atoms with Crippen molar-refractivity contribution in [2.45, 2.75) is 0 Å². The highest BCUT2D eigenvalue weighted by Gasteiger charge is 2.07. The Labute approximate surface area is 175 Å². The van der Waals surface area contributed by atoms with E-state index < -0.39 is 0 Å². The molecule has 0 atom stereocenters. The van der Waals surface area contributed by atoms with Gasteiger partial charge in [0.2, 0.25) is 0 Å². The molecule has 4 aromatic rings. The van der Waals surface area contributed by atoms with Crippen LogP contribution in [0.3, 0.4) is 0 Å². The maximum absolute atomic E-state index is 12.2. The van der Waals surface area contributed by atoms with E-state index >= 15 is 0 Å². The average molecular weight is 425 g/mol. The molecule has 2 heterocycles. The van der Waals surface area contributed by atoms with Crippen molar-refractivity contribution in [3.8, 4) is 0 Å². The van der Waals surface area contributed by atoms with Gasteiger partial charge in [-0.05, 0) is 48.0 Å². The molecular weight excluding hydrogens is 411 g/mol. The first-order valence-corrected chi connectivity index (χ1v) is 9.29. The van der Waals surface area contributed by atoms with Gasteiger partial charge < -0.3 is 10.3 Å². The summed E-state index contributed by atoms with van der Waals surface area (Å²) in [6.07, 6.45) is 4.78. The van der Waals surface area contributed by atoms with Crippen LogP contribution in [0.1, 0.15) is 15.9 Å². The first kappa shape index (κ1) is 18.9. The number of aromatic nitrogens is 3. The van der Waals surface area contributed by atoms with Gasteiger partial charge in [0.1, 0.15) is 17.8 Å². The van der Waals surface area contributed by atoms with Gasteiger partial charge in [0.25, 0.3) is 5.91 Å². The van der Waals surface area contributed by atoms with Gasteiger partial charge in [-0.15, -0.1) is 0 Å². The summed E-state index contributed by atoms with van der Waals surface area (Å²) < 4.78 is 0. The van der Waals surface area contributed by atoms with Gasteiger partial charge in [-0.1, -0.05) is 29.3 Å². The Morgan fingerprint density at radius 1 is 1.03 bits per heavy atom. The second-order valence-electron chi connectivity index (χ2n) is 6.04. The van der Waals surface area contributed by atoms with Crippen LogP contribution in [0.25, 0.3) is 11.0 Å². The molecule has 2 aromatic carbocycles. The summed E-state index contributed by atoms with van der Waals surface area (Å²) in [6, 6.07) is 13.9. The number of hydrogen-bond acceptors (Lipinski definition) is 5. The number of rotatable bonds is 5. The van der Waals surface area contributed by atoms with E-state index in [9.17, 15) is 4.79 Å². The van der Waals surface area contributed by atoms with E-state index in [-0.39, 0.29) is 5.91 Å². The fraction of sp³-hybridized carbons (Fsp3) is 0. The van der Waals surface area contributed by atoms with Gasteiger partial charge in [-0.25, -0.2) is 15.4 Å². The van der Waals surface area contributed by atoms with E-state index in [2.05, 4.69) is 30.8 Å². The van der Waals surface area contributed by atoms with E-state index in [1.807, 2.05) is 6.07 Å². The molecule has 29 heavy (non-hydrogen) atoms. The highest BCUT2D eigenvalue weighted by molar-refractivity contribution is 6.42. The zero-order valence-electron chi connectivity index (χ0n) is 14.9. The Morgan fingerprint density at radius 3 is 2.66 bits per heavy atom. The molecule has 0 aliphatic heterocycles. The van der Waals surface area contributed by atoms with Crippen molar-refractivity contribution >= 4 is 57.9 Å². The topological polar surface area (TPSA) is 95.1 Å². The smallest absolute Gasteiger partial charge is 0.271 e. The van der Waals surface area contributed by atoms with Crippen molar-refractivity contribution < 1.29 is 4.79 Å². The third-order valence-corrected chi connectivity index (χ3v) is 4.83. The van der Waals surface area contributed by atoms with Gasteiger partial charge in [-0.2, -0.15) is 5.10 Å². The molecule has 0 unspecified atom stereocenters. The molecule has 0 bridgehead atoms. The van der Waals surface area contributed by atoms with Crippen LogP contribution in [0.4, 0.5) is 11.5 Å². The fourth-order valence-electron chi connectivity index (χ4n) is 2.64. The molecular formula is C20H14Cl2N6O. The highest BCUT2D eigenvalue weighted by Crippen LogP contribution is 2.23. The Kier molecular flexibility index (Phi) is 5.41. The monoisotopic (exact) mass is 424 g/mol. The molecule has 9 heteroatoms. The number of aromatic amines is 1. The van der Waals surface area contributed by atoms with Gasteiger partial charge in [0, 0.05) is 17.4 Å². The van der Waals surface area contributed by atoms with E-state index in [0.717, 1.165) is 22.3 Å². The standard InChI is InChI=1S/C20H14Cl2N6O/c21-16-6-1-12(9-17(16)22)10-26-28-20(29)13-2-4-14(5-3-13)27-19-15-7-8-23-18(15)24-11-25-19/h1-11H,(H,28,29)(H2,23,24,25,27)/b26-10+. The van der Waals surface area contributed by atoms with Crippen LogP contribution in [0.2, 0.25) is 10.0 Å². The summed E-state index contributed by atoms with van der Waals surface area (Å²) in [5.74, 6) is 0.350. The summed E-state index contributed by atoms with van der Waals surface area (Å²) in [7, 11) is 0. The second-order valence-corrected chi connectivity index (χ2v) is 6.85. The Balaban J connectivity index is 1.40. The van der Waals surface area contributed by atoms with Crippen LogP contribution in [-0.2, 0) is 0 Å². The number of anilines is 2. The second kappa shape index (κ2) is 8.30. The van der Waals surface area contributed by atoms with Crippen molar-refractivity contribution in [2.24, 2.45) is 5.10 Å². The summed E-state index contributed by atoms with van der Waals surface area (Å²) >= 11 is 11.8. The van der Waals surface area contributed by atoms with Crippen molar-refractivity contribution in [3.63, 3.8) is 0 Å². The number of nitrogens with one attached hydrogen (secondary N) is 3. The van der Waals surface area contributed by atoms with E-state index in [0.29, 0.717) is 21.4 Å². The Bertz CT molecular complexity index is 1200. The molecule has 0 spiro atoms. The molecule has 3 N–H and O–H groups in total. The van der Waals surface area contributed by atoms with Crippen molar-refractivity contribution in [2.75, 3.05) is 5.32 Å². The largest absolute Gasteiger partial charge is 0.346 e. The SMILES string of the molecule is O=C(N/N=C/c1ccc(Cl)c(Cl)c1)c1ccc(Nc2ncnc3[nH]ccc23)cc1. The molecule has 0 fully saturated rings. The van der Waals surface area contributed by atoms with Crippen molar-refractivity contribution in [1.29, 1.82) is 0 Å². The molecule has 0 radical (unpaired) electrons. The number of H-pyrrole nitrogens is 1. The fourth-order valence-corrected chi connectivity index (χ4v) is 2.94. The van der Waals surface area contributed by atoms with Gasteiger partial charge in [0.05, 0.1) is 21.6 Å². The number of amides is 1. The lowest BCUT2D eigenvalue weighted by Crippen LogP contribution is -2.17. The molecule has 7 nitrogen and oxygen atoms in total. The zero-order valence-corrected chi connectivity index (χ0v) is 16.4. The zero-order chi connectivity index (χ0) is 20.2. The van der Waals surface area contributed by atoms with Crippen LogP contribution in [0, 0.1) is 0 Å². The summed E-state index contributed by atoms with van der Waals surface area (Å²) in [5, 5.41) is 8.92. The first-order chi connectivity index (χ1) is 14.1. The number of fused-ring (bicyclic) bond motifs is 1. The minimum Gasteiger partial charge on any atom is -0.346 e. The molecule has 144 valence electrons. The minimum absolute atomic E-state index is 0.331. The third-order valence-electron chi connectivity index (χ3n) is 4.09. The molecule has 2 aromatic heterocycles. The number of halogens is 2. The molecule has 0 saturated heterocycles. The Hall–Kier alpha value is -3.42. The van der Waals surface area contributed by atoms with Gasteiger partial charge in [0.15, 0.2) is 0 Å². The van der Waals surface area contributed by atoms with Crippen LogP contribution >= 0.6 is 23.2 Å². The lowest BCUT2D eigenvalue weighted by Gasteiger charge is -2.07. The Morgan fingerprint density at radius 2 is 1.86 bits per heavy atom. The number of benzene rings is 2. The average Bonchev–Trinajstić information content (AvgIpc) is 3.21. The van der Waals surface area contributed by atoms with Crippen LogP contribution < -0.4 is 10.7 Å². The first-order valence-electron chi connectivity index (χ1n) is 8.54. The third kappa shape index (κ3) is 4.37. The van der Waals surface area contributed by atoms with Gasteiger partial charge >= 0.3 is 0 Å². The molecule has 4 rings (SSSR count). The normalized spacial score (nSPS) is 11.1. The van der Waals surface area contributed by atoms with E-state index in [4.69, 9.17) is 23.2 Å². The number of hydrogen-bond donors (Lipinski definition) is 3. The highest BCUT2D eigenvalue weighted by atomic mass is 35.5. The summed E-state index contributed by atoms with van der Waals surface area (Å²) in [6.45, 7) is 0. The molecule has 0 aliphatic rings. The number of hydrazone groups is 1. The number of nitrogens with zero attached hydrogens (tertiary/aromatic N) is 3. The predicted molar refractivity (Wildman–Crippen MR) is 115 cm³/mol. The minimum atomic E-state index is -0.331. The van der Waals surface area contributed by atoms with E-state index in [1.165, 1.54) is 12.5 Å².